The van der Waals surface area contributed by atoms with Crippen molar-refractivity contribution in [2.45, 2.75) is 25.5 Å². The molecule has 1 heterocycles. The van der Waals surface area contributed by atoms with Gasteiger partial charge in [-0.2, -0.15) is 0 Å². The molecule has 1 unspecified atom stereocenters. The molecular weight excluding hydrogens is 272 g/mol. The molecule has 0 aliphatic heterocycles. The molecule has 1 aromatic heterocycles. The molecule has 0 saturated heterocycles. The summed E-state index contributed by atoms with van der Waals surface area (Å²) in [5.74, 6) is 0.515. The lowest BCUT2D eigenvalue weighted by Crippen LogP contribution is -2.30. The van der Waals surface area contributed by atoms with Crippen LogP contribution in [0.3, 0.4) is 0 Å². The van der Waals surface area contributed by atoms with Crippen molar-refractivity contribution in [3.8, 4) is 0 Å². The number of benzene rings is 1. The summed E-state index contributed by atoms with van der Waals surface area (Å²) in [4.78, 5) is 6.76. The Morgan fingerprint density at radius 3 is 2.85 bits per heavy atom. The Labute approximate surface area is 124 Å². The minimum absolute atomic E-state index is 0.199. The van der Waals surface area contributed by atoms with Gasteiger partial charge in [-0.05, 0) is 44.0 Å². The third kappa shape index (κ3) is 3.29. The van der Waals surface area contributed by atoms with Crippen molar-refractivity contribution >= 4 is 22.5 Å². The van der Waals surface area contributed by atoms with E-state index in [0.717, 1.165) is 23.1 Å². The van der Waals surface area contributed by atoms with Crippen LogP contribution in [0.15, 0.2) is 30.3 Å². The monoisotopic (exact) mass is 290 g/mol. The van der Waals surface area contributed by atoms with Gasteiger partial charge in [-0.25, -0.2) is 0 Å². The first-order chi connectivity index (χ1) is 9.61. The average molecular weight is 291 g/mol. The molecule has 3 nitrogen and oxygen atoms in total. The lowest BCUT2D eigenvalue weighted by Gasteiger charge is -2.20. The second-order valence-corrected chi connectivity index (χ2v) is 6.18. The topological polar surface area (TPSA) is 36.4 Å². The Bertz CT molecular complexity index is 612. The summed E-state index contributed by atoms with van der Waals surface area (Å²) in [7, 11) is 2.02. The maximum Gasteiger partial charge on any atom is 0.0720 e. The molecule has 1 aliphatic carbocycles. The molecule has 1 N–H and O–H groups in total. The first-order valence-electron chi connectivity index (χ1n) is 7.03. The van der Waals surface area contributed by atoms with Gasteiger partial charge >= 0.3 is 0 Å². The van der Waals surface area contributed by atoms with E-state index in [2.05, 4.69) is 16.0 Å². The quantitative estimate of drug-likeness (QED) is 0.919. The Morgan fingerprint density at radius 2 is 2.10 bits per heavy atom. The molecular formula is C16H19ClN2O. The van der Waals surface area contributed by atoms with Crippen LogP contribution in [0.5, 0.6) is 0 Å². The first kappa shape index (κ1) is 13.8. The molecule has 0 radical (unpaired) electrons. The predicted octanol–water partition coefficient (Wildman–Crippen LogP) is 3.09. The SMILES string of the molecule is CN(Cc1ccc2ccc(Cl)cc2n1)CC(O)C1CC1. The largest absolute Gasteiger partial charge is 0.392 e. The number of aliphatic hydroxyl groups excluding tert-OH is 1. The molecule has 3 rings (SSSR count). The van der Waals surface area contributed by atoms with Crippen LogP contribution in [0.1, 0.15) is 18.5 Å². The highest BCUT2D eigenvalue weighted by molar-refractivity contribution is 6.31. The van der Waals surface area contributed by atoms with Crippen molar-refractivity contribution < 1.29 is 5.11 Å². The fourth-order valence-corrected chi connectivity index (χ4v) is 2.68. The Kier molecular flexibility index (Phi) is 3.92. The molecule has 1 fully saturated rings. The van der Waals surface area contributed by atoms with Crippen molar-refractivity contribution in [1.82, 2.24) is 9.88 Å². The van der Waals surface area contributed by atoms with E-state index in [0.29, 0.717) is 17.5 Å². The maximum absolute atomic E-state index is 9.97. The van der Waals surface area contributed by atoms with Crippen molar-refractivity contribution in [3.63, 3.8) is 0 Å². The van der Waals surface area contributed by atoms with E-state index in [9.17, 15) is 5.11 Å². The Hall–Kier alpha value is -1.16. The van der Waals surface area contributed by atoms with Crippen LogP contribution in [0.2, 0.25) is 5.02 Å². The molecule has 1 aliphatic rings. The van der Waals surface area contributed by atoms with Crippen LogP contribution in [0.25, 0.3) is 10.9 Å². The van der Waals surface area contributed by atoms with E-state index < -0.39 is 0 Å². The van der Waals surface area contributed by atoms with Gasteiger partial charge in [0, 0.05) is 23.5 Å². The van der Waals surface area contributed by atoms with Gasteiger partial charge in [0.1, 0.15) is 0 Å². The van der Waals surface area contributed by atoms with Crippen LogP contribution >= 0.6 is 11.6 Å². The van der Waals surface area contributed by atoms with E-state index in [-0.39, 0.29) is 6.10 Å². The molecule has 0 spiro atoms. The number of rotatable bonds is 5. The van der Waals surface area contributed by atoms with Gasteiger partial charge < -0.3 is 5.11 Å². The van der Waals surface area contributed by atoms with Crippen molar-refractivity contribution in [3.05, 3.63) is 41.0 Å². The highest BCUT2D eigenvalue weighted by Gasteiger charge is 2.30. The summed E-state index contributed by atoms with van der Waals surface area (Å²) < 4.78 is 0. The van der Waals surface area contributed by atoms with Gasteiger partial charge in [0.05, 0.1) is 17.3 Å². The van der Waals surface area contributed by atoms with Gasteiger partial charge in [-0.3, -0.25) is 9.88 Å². The van der Waals surface area contributed by atoms with Gasteiger partial charge in [0.15, 0.2) is 0 Å². The zero-order valence-corrected chi connectivity index (χ0v) is 12.3. The lowest BCUT2D eigenvalue weighted by molar-refractivity contribution is 0.104. The third-order valence-electron chi connectivity index (χ3n) is 3.81. The molecule has 4 heteroatoms. The van der Waals surface area contributed by atoms with E-state index in [4.69, 9.17) is 11.6 Å². The maximum atomic E-state index is 9.97. The van der Waals surface area contributed by atoms with Crippen LogP contribution < -0.4 is 0 Å². The number of nitrogens with zero attached hydrogens (tertiary/aromatic N) is 2. The molecule has 106 valence electrons. The second-order valence-electron chi connectivity index (χ2n) is 5.74. The highest BCUT2D eigenvalue weighted by Crippen LogP contribution is 2.32. The summed E-state index contributed by atoms with van der Waals surface area (Å²) >= 11 is 6.00. The zero-order chi connectivity index (χ0) is 14.1. The van der Waals surface area contributed by atoms with E-state index in [1.807, 2.05) is 31.3 Å². The highest BCUT2D eigenvalue weighted by atomic mass is 35.5. The van der Waals surface area contributed by atoms with Crippen LogP contribution in [-0.4, -0.2) is 34.7 Å². The Balaban J connectivity index is 1.69. The van der Waals surface area contributed by atoms with Gasteiger partial charge in [0.25, 0.3) is 0 Å². The molecule has 20 heavy (non-hydrogen) atoms. The number of aliphatic hydroxyl groups is 1. The first-order valence-corrected chi connectivity index (χ1v) is 7.41. The third-order valence-corrected chi connectivity index (χ3v) is 4.04. The van der Waals surface area contributed by atoms with E-state index >= 15 is 0 Å². The molecule has 1 atom stereocenters. The number of hydrogen-bond donors (Lipinski definition) is 1. The summed E-state index contributed by atoms with van der Waals surface area (Å²) in [6.07, 6.45) is 2.14. The number of fused-ring (bicyclic) bond motifs is 1. The number of aromatic nitrogens is 1. The predicted molar refractivity (Wildman–Crippen MR) is 81.8 cm³/mol. The lowest BCUT2D eigenvalue weighted by atomic mass is 10.2. The van der Waals surface area contributed by atoms with Crippen LogP contribution in [0.4, 0.5) is 0 Å². The zero-order valence-electron chi connectivity index (χ0n) is 11.6. The summed E-state index contributed by atoms with van der Waals surface area (Å²) in [6, 6.07) is 9.85. The average Bonchev–Trinajstić information content (AvgIpc) is 3.22. The molecule has 0 amide bonds. The number of pyridine rings is 1. The molecule has 2 aromatic rings. The normalized spacial score (nSPS) is 16.8. The Morgan fingerprint density at radius 1 is 1.35 bits per heavy atom. The van der Waals surface area contributed by atoms with Crippen LogP contribution in [-0.2, 0) is 6.54 Å². The van der Waals surface area contributed by atoms with E-state index in [1.165, 1.54) is 12.8 Å². The van der Waals surface area contributed by atoms with Gasteiger partial charge in [0.2, 0.25) is 0 Å². The summed E-state index contributed by atoms with van der Waals surface area (Å²) in [5.41, 5.74) is 1.93. The number of halogens is 1. The molecule has 1 saturated carbocycles. The number of likely N-dealkylation sites (N-methyl/N-ethyl adjacent to an activating group) is 1. The number of hydrogen-bond acceptors (Lipinski definition) is 3. The van der Waals surface area contributed by atoms with Crippen LogP contribution in [0, 0.1) is 5.92 Å². The fourth-order valence-electron chi connectivity index (χ4n) is 2.51. The summed E-state index contributed by atoms with van der Waals surface area (Å²) in [5, 5.41) is 11.8. The van der Waals surface area contributed by atoms with Gasteiger partial charge in [-0.15, -0.1) is 0 Å². The standard InChI is InChI=1S/C16H19ClN2O/c1-19(10-16(20)12-2-3-12)9-14-7-5-11-4-6-13(17)8-15(11)18-14/h4-8,12,16,20H,2-3,9-10H2,1H3. The minimum atomic E-state index is -0.199. The van der Waals surface area contributed by atoms with Crippen molar-refractivity contribution in [2.75, 3.05) is 13.6 Å². The van der Waals surface area contributed by atoms with E-state index in [1.54, 1.807) is 0 Å². The van der Waals surface area contributed by atoms with Crippen molar-refractivity contribution in [1.29, 1.82) is 0 Å². The summed E-state index contributed by atoms with van der Waals surface area (Å²) in [6.45, 7) is 1.45. The molecule has 1 aromatic carbocycles. The smallest absolute Gasteiger partial charge is 0.0720 e. The van der Waals surface area contributed by atoms with Crippen molar-refractivity contribution in [2.24, 2.45) is 5.92 Å². The van der Waals surface area contributed by atoms with Gasteiger partial charge in [-0.1, -0.05) is 23.7 Å². The second kappa shape index (κ2) is 5.68. The molecule has 0 bridgehead atoms. The minimum Gasteiger partial charge on any atom is -0.392 e. The fraction of sp³-hybridized carbons (Fsp3) is 0.438.